The van der Waals surface area contributed by atoms with E-state index in [9.17, 15) is 9.59 Å². The minimum Gasteiger partial charge on any atom is -0.300 e. The molecule has 3 aliphatic rings. The molecule has 0 aromatic rings. The van der Waals surface area contributed by atoms with Crippen LogP contribution in [0, 0.1) is 28.6 Å². The van der Waals surface area contributed by atoms with Crippen molar-refractivity contribution in [3.05, 3.63) is 23.3 Å². The Hall–Kier alpha value is -0.890. The van der Waals surface area contributed by atoms with Crippen LogP contribution in [-0.4, -0.2) is 11.6 Å². The van der Waals surface area contributed by atoms with E-state index in [0.717, 1.165) is 44.1 Å². The van der Waals surface area contributed by atoms with E-state index in [1.165, 1.54) is 0 Å². The Balaban J connectivity index is 1.86. The van der Waals surface area contributed by atoms with Gasteiger partial charge < -0.3 is 0 Å². The first-order chi connectivity index (χ1) is 11.2. The number of Topliss-reactive ketones (excluding diaryl/α,β-unsaturated/α-hetero) is 1. The number of hydrogen-bond donors (Lipinski definition) is 0. The molecule has 0 heterocycles. The maximum Gasteiger partial charge on any atom is 0.156 e. The van der Waals surface area contributed by atoms with Crippen LogP contribution in [0.2, 0.25) is 0 Å². The Bertz CT molecular complexity index is 619. The Morgan fingerprint density at radius 3 is 2.54 bits per heavy atom. The molecule has 2 saturated carbocycles. The first-order valence-electron chi connectivity index (χ1n) is 9.28. The van der Waals surface area contributed by atoms with Crippen LogP contribution in [0.15, 0.2) is 23.3 Å². The Kier molecular flexibility index (Phi) is 4.57. The average Bonchev–Trinajstić information content (AvgIpc) is 2.85. The SMILES string of the molecule is C=C(Cl)C1=CC(=O)CCC1(C)C1CCC2(C)C(CCC2C(C)=O)C1. The van der Waals surface area contributed by atoms with E-state index < -0.39 is 0 Å². The first-order valence-corrected chi connectivity index (χ1v) is 9.66. The molecule has 0 aliphatic heterocycles. The zero-order chi connectivity index (χ0) is 17.7. The molecule has 0 aromatic heterocycles. The molecule has 3 heteroatoms. The minimum absolute atomic E-state index is 0.0532. The van der Waals surface area contributed by atoms with Gasteiger partial charge in [-0.2, -0.15) is 0 Å². The van der Waals surface area contributed by atoms with Crippen LogP contribution in [-0.2, 0) is 9.59 Å². The topological polar surface area (TPSA) is 34.1 Å². The molecule has 0 saturated heterocycles. The third-order valence-corrected chi connectivity index (χ3v) is 7.83. The second-order valence-corrected chi connectivity index (χ2v) is 9.22. The number of carbonyl (C=O) groups is 2. The lowest BCUT2D eigenvalue weighted by molar-refractivity contribution is -0.125. The standard InChI is InChI=1S/C21H29ClO2/c1-13(22)19-12-17(24)8-10-21(19,4)16-7-9-20(3)15(11-16)5-6-18(20)14(2)23/h12,15-16,18H,1,5-11H2,2-4H3. The molecule has 3 aliphatic carbocycles. The maximum absolute atomic E-state index is 12.1. The van der Waals surface area contributed by atoms with Crippen molar-refractivity contribution in [1.29, 1.82) is 0 Å². The molecular weight excluding hydrogens is 320 g/mol. The average molecular weight is 349 g/mol. The van der Waals surface area contributed by atoms with Gasteiger partial charge in [-0.05, 0) is 79.8 Å². The predicted molar refractivity (Wildman–Crippen MR) is 97.8 cm³/mol. The maximum atomic E-state index is 12.1. The van der Waals surface area contributed by atoms with Gasteiger partial charge in [0.05, 0.1) is 0 Å². The van der Waals surface area contributed by atoms with Gasteiger partial charge in [0.1, 0.15) is 5.78 Å². The van der Waals surface area contributed by atoms with Gasteiger partial charge >= 0.3 is 0 Å². The van der Waals surface area contributed by atoms with E-state index in [1.54, 1.807) is 13.0 Å². The van der Waals surface area contributed by atoms with Crippen molar-refractivity contribution in [3.63, 3.8) is 0 Å². The van der Waals surface area contributed by atoms with Crippen LogP contribution in [0.5, 0.6) is 0 Å². The van der Waals surface area contributed by atoms with Crippen molar-refractivity contribution in [3.8, 4) is 0 Å². The molecule has 0 N–H and O–H groups in total. The molecule has 0 bridgehead atoms. The molecule has 0 radical (unpaired) electrons. The van der Waals surface area contributed by atoms with Gasteiger partial charge in [0.2, 0.25) is 0 Å². The van der Waals surface area contributed by atoms with Crippen molar-refractivity contribution in [1.82, 2.24) is 0 Å². The van der Waals surface area contributed by atoms with E-state index in [-0.39, 0.29) is 22.5 Å². The third-order valence-electron chi connectivity index (χ3n) is 7.63. The highest BCUT2D eigenvalue weighted by Gasteiger charge is 2.54. The summed E-state index contributed by atoms with van der Waals surface area (Å²) in [5.41, 5.74) is 1.07. The fourth-order valence-electron chi connectivity index (χ4n) is 6.00. The highest BCUT2D eigenvalue weighted by Crippen LogP contribution is 2.61. The van der Waals surface area contributed by atoms with Crippen molar-refractivity contribution in [2.24, 2.45) is 28.6 Å². The van der Waals surface area contributed by atoms with Gasteiger partial charge in [-0.3, -0.25) is 9.59 Å². The highest BCUT2D eigenvalue weighted by atomic mass is 35.5. The lowest BCUT2D eigenvalue weighted by Crippen LogP contribution is -2.43. The zero-order valence-electron chi connectivity index (χ0n) is 15.2. The van der Waals surface area contributed by atoms with Crippen LogP contribution < -0.4 is 0 Å². The Labute approximate surface area is 150 Å². The van der Waals surface area contributed by atoms with Gasteiger partial charge in [-0.25, -0.2) is 0 Å². The number of rotatable bonds is 3. The summed E-state index contributed by atoms with van der Waals surface area (Å²) in [6.07, 6.45) is 8.79. The van der Waals surface area contributed by atoms with Crippen LogP contribution in [0.3, 0.4) is 0 Å². The molecule has 5 atom stereocenters. The summed E-state index contributed by atoms with van der Waals surface area (Å²) < 4.78 is 0. The van der Waals surface area contributed by atoms with Crippen LogP contribution in [0.25, 0.3) is 0 Å². The Morgan fingerprint density at radius 2 is 1.92 bits per heavy atom. The number of allylic oxidation sites excluding steroid dienone is 3. The normalized spacial score (nSPS) is 42.4. The summed E-state index contributed by atoms with van der Waals surface area (Å²) >= 11 is 6.27. The van der Waals surface area contributed by atoms with Crippen LogP contribution >= 0.6 is 11.6 Å². The van der Waals surface area contributed by atoms with E-state index >= 15 is 0 Å². The summed E-state index contributed by atoms with van der Waals surface area (Å²) in [6, 6.07) is 0. The smallest absolute Gasteiger partial charge is 0.156 e. The van der Waals surface area contributed by atoms with Gasteiger partial charge in [-0.1, -0.05) is 32.0 Å². The number of carbonyl (C=O) groups excluding carboxylic acids is 2. The quantitative estimate of drug-likeness (QED) is 0.679. The van der Waals surface area contributed by atoms with Crippen molar-refractivity contribution < 1.29 is 9.59 Å². The first kappa shape index (κ1) is 17.9. The van der Waals surface area contributed by atoms with Crippen molar-refractivity contribution in [2.45, 2.75) is 65.7 Å². The number of hydrogen-bond acceptors (Lipinski definition) is 2. The largest absolute Gasteiger partial charge is 0.300 e. The van der Waals surface area contributed by atoms with E-state index in [0.29, 0.717) is 29.1 Å². The second kappa shape index (κ2) is 6.12. The highest BCUT2D eigenvalue weighted by molar-refractivity contribution is 6.32. The molecule has 0 spiro atoms. The minimum atomic E-state index is -0.0532. The van der Waals surface area contributed by atoms with Gasteiger partial charge in [-0.15, -0.1) is 0 Å². The molecule has 0 aromatic carbocycles. The fourth-order valence-corrected chi connectivity index (χ4v) is 6.27. The van der Waals surface area contributed by atoms with Crippen molar-refractivity contribution in [2.75, 3.05) is 0 Å². The zero-order valence-corrected chi connectivity index (χ0v) is 15.9. The summed E-state index contributed by atoms with van der Waals surface area (Å²) in [6.45, 7) is 10.3. The molecule has 24 heavy (non-hydrogen) atoms. The Morgan fingerprint density at radius 1 is 1.21 bits per heavy atom. The summed E-state index contributed by atoms with van der Waals surface area (Å²) in [7, 11) is 0. The molecule has 2 fully saturated rings. The molecule has 0 amide bonds. The molecular formula is C21H29ClO2. The van der Waals surface area contributed by atoms with E-state index in [4.69, 9.17) is 11.6 Å². The van der Waals surface area contributed by atoms with E-state index in [2.05, 4.69) is 20.4 Å². The van der Waals surface area contributed by atoms with Gasteiger partial charge in [0.15, 0.2) is 5.78 Å². The molecule has 2 nitrogen and oxygen atoms in total. The summed E-state index contributed by atoms with van der Waals surface area (Å²) in [5, 5.41) is 0.520. The fraction of sp³-hybridized carbons (Fsp3) is 0.714. The molecule has 132 valence electrons. The lowest BCUT2D eigenvalue weighted by Gasteiger charge is -2.50. The summed E-state index contributed by atoms with van der Waals surface area (Å²) in [5.74, 6) is 1.91. The number of fused-ring (bicyclic) bond motifs is 1. The monoisotopic (exact) mass is 348 g/mol. The predicted octanol–water partition coefficient (Wildman–Crippen LogP) is 5.46. The molecule has 3 rings (SSSR count). The lowest BCUT2D eigenvalue weighted by atomic mass is 9.54. The summed E-state index contributed by atoms with van der Waals surface area (Å²) in [4.78, 5) is 23.9. The van der Waals surface area contributed by atoms with E-state index in [1.807, 2.05) is 0 Å². The van der Waals surface area contributed by atoms with Gasteiger partial charge in [0.25, 0.3) is 0 Å². The molecule has 5 unspecified atom stereocenters. The third kappa shape index (κ3) is 2.71. The van der Waals surface area contributed by atoms with Crippen LogP contribution in [0.1, 0.15) is 65.7 Å². The number of halogens is 1. The van der Waals surface area contributed by atoms with Crippen molar-refractivity contribution >= 4 is 23.2 Å². The van der Waals surface area contributed by atoms with Gasteiger partial charge in [0, 0.05) is 17.4 Å². The second-order valence-electron chi connectivity index (χ2n) is 8.76. The number of ketones is 2. The van der Waals surface area contributed by atoms with Crippen LogP contribution in [0.4, 0.5) is 0 Å².